The third-order valence-corrected chi connectivity index (χ3v) is 7.25. The van der Waals surface area contributed by atoms with Crippen molar-refractivity contribution in [2.24, 2.45) is 17.6 Å². The first-order chi connectivity index (χ1) is 16.3. The maximum absolute atomic E-state index is 13.8. The van der Waals surface area contributed by atoms with E-state index in [1.165, 1.54) is 4.90 Å². The van der Waals surface area contributed by atoms with Gasteiger partial charge in [0.15, 0.2) is 0 Å². The quantitative estimate of drug-likeness (QED) is 0.553. The van der Waals surface area contributed by atoms with E-state index < -0.39 is 35.2 Å². The van der Waals surface area contributed by atoms with E-state index in [2.05, 4.69) is 10.6 Å². The fourth-order valence-electron chi connectivity index (χ4n) is 5.65. The number of aryl methyl sites for hydroxylation is 1. The van der Waals surface area contributed by atoms with Gasteiger partial charge in [0.25, 0.3) is 0 Å². The van der Waals surface area contributed by atoms with E-state index in [0.717, 1.165) is 11.1 Å². The second kappa shape index (κ2) is 7.95. The highest BCUT2D eigenvalue weighted by atomic mass is 16.5. The number of rotatable bonds is 6. The SMILES string of the molecule is COc1ccc(CN2C(=O)[C@@H]3C(CCC(N)=O)NC4(C(=O)Nc5c(C)cccc54)[C@@H]3C2=O)cc1. The molecule has 0 bridgehead atoms. The lowest BCUT2D eigenvalue weighted by molar-refractivity contribution is -0.143. The molecule has 1 spiro atoms. The number of ether oxygens (including phenoxy) is 1. The molecular formula is C25H26N4O5. The van der Waals surface area contributed by atoms with Crippen LogP contribution in [-0.2, 0) is 31.3 Å². The molecule has 9 heteroatoms. The highest BCUT2D eigenvalue weighted by Gasteiger charge is 2.70. The minimum Gasteiger partial charge on any atom is -0.497 e. The molecule has 2 aromatic rings. The molecule has 2 fully saturated rings. The molecule has 4 amide bonds. The van der Waals surface area contributed by atoms with Crippen LogP contribution in [0.2, 0.25) is 0 Å². The van der Waals surface area contributed by atoms with E-state index in [1.54, 1.807) is 31.4 Å². The van der Waals surface area contributed by atoms with Crippen LogP contribution in [0, 0.1) is 18.8 Å². The van der Waals surface area contributed by atoms with Crippen molar-refractivity contribution in [3.05, 3.63) is 59.2 Å². The second-order valence-corrected chi connectivity index (χ2v) is 9.13. The van der Waals surface area contributed by atoms with Gasteiger partial charge < -0.3 is 15.8 Å². The van der Waals surface area contributed by atoms with Crippen LogP contribution in [0.15, 0.2) is 42.5 Å². The molecule has 3 aliphatic heterocycles. The molecular weight excluding hydrogens is 436 g/mol. The molecule has 3 heterocycles. The smallest absolute Gasteiger partial charge is 0.250 e. The number of imide groups is 1. The number of anilines is 1. The summed E-state index contributed by atoms with van der Waals surface area (Å²) < 4.78 is 5.18. The molecule has 0 aliphatic carbocycles. The summed E-state index contributed by atoms with van der Waals surface area (Å²) in [7, 11) is 1.56. The van der Waals surface area contributed by atoms with Crippen molar-refractivity contribution in [1.29, 1.82) is 0 Å². The molecule has 176 valence electrons. The summed E-state index contributed by atoms with van der Waals surface area (Å²) >= 11 is 0. The van der Waals surface area contributed by atoms with E-state index in [-0.39, 0.29) is 31.2 Å². The van der Waals surface area contributed by atoms with Crippen LogP contribution >= 0.6 is 0 Å². The third kappa shape index (κ3) is 3.11. The van der Waals surface area contributed by atoms with Crippen molar-refractivity contribution in [1.82, 2.24) is 10.2 Å². The Hall–Kier alpha value is -3.72. The number of nitrogens with one attached hydrogen (secondary N) is 2. The Bertz CT molecular complexity index is 1210. The molecule has 4 N–H and O–H groups in total. The molecule has 4 atom stereocenters. The van der Waals surface area contributed by atoms with E-state index in [1.807, 2.05) is 25.1 Å². The van der Waals surface area contributed by atoms with Crippen LogP contribution < -0.4 is 21.1 Å². The Balaban J connectivity index is 1.56. The molecule has 34 heavy (non-hydrogen) atoms. The van der Waals surface area contributed by atoms with Gasteiger partial charge >= 0.3 is 0 Å². The Morgan fingerprint density at radius 2 is 1.85 bits per heavy atom. The summed E-state index contributed by atoms with van der Waals surface area (Å²) in [5.41, 5.74) is 6.94. The summed E-state index contributed by atoms with van der Waals surface area (Å²) in [6.07, 6.45) is 0.293. The van der Waals surface area contributed by atoms with Crippen molar-refractivity contribution in [3.63, 3.8) is 0 Å². The van der Waals surface area contributed by atoms with Gasteiger partial charge in [-0.05, 0) is 36.6 Å². The zero-order chi connectivity index (χ0) is 24.2. The topological polar surface area (TPSA) is 131 Å². The number of carbonyl (C=O) groups is 4. The first-order valence-electron chi connectivity index (χ1n) is 11.2. The van der Waals surface area contributed by atoms with Crippen LogP contribution in [0.25, 0.3) is 0 Å². The number of hydrogen-bond acceptors (Lipinski definition) is 6. The number of primary amides is 1. The minimum absolute atomic E-state index is 0.0409. The van der Waals surface area contributed by atoms with Gasteiger partial charge in [0.05, 0.1) is 25.5 Å². The van der Waals surface area contributed by atoms with Gasteiger partial charge in [-0.2, -0.15) is 0 Å². The Morgan fingerprint density at radius 3 is 2.53 bits per heavy atom. The lowest BCUT2D eigenvalue weighted by Crippen LogP contribution is -2.53. The maximum atomic E-state index is 13.8. The first kappa shape index (κ1) is 22.1. The summed E-state index contributed by atoms with van der Waals surface area (Å²) in [5, 5.41) is 6.23. The Kier molecular flexibility index (Phi) is 5.16. The summed E-state index contributed by atoms with van der Waals surface area (Å²) in [5.74, 6) is -2.63. The zero-order valence-electron chi connectivity index (χ0n) is 19.0. The first-order valence-corrected chi connectivity index (χ1v) is 11.2. The fourth-order valence-corrected chi connectivity index (χ4v) is 5.65. The summed E-state index contributed by atoms with van der Waals surface area (Å²) in [4.78, 5) is 53.6. The minimum atomic E-state index is -1.38. The number of carbonyl (C=O) groups excluding carboxylic acids is 4. The van der Waals surface area contributed by atoms with Gasteiger partial charge in [-0.1, -0.05) is 30.3 Å². The molecule has 9 nitrogen and oxygen atoms in total. The largest absolute Gasteiger partial charge is 0.497 e. The van der Waals surface area contributed by atoms with E-state index in [4.69, 9.17) is 10.5 Å². The van der Waals surface area contributed by atoms with Crippen LogP contribution in [0.5, 0.6) is 5.75 Å². The fraction of sp³-hybridized carbons (Fsp3) is 0.360. The number of nitrogens with two attached hydrogens (primary N) is 1. The van der Waals surface area contributed by atoms with E-state index in [0.29, 0.717) is 17.0 Å². The van der Waals surface area contributed by atoms with Gasteiger partial charge in [0.2, 0.25) is 23.6 Å². The van der Waals surface area contributed by atoms with E-state index in [9.17, 15) is 19.2 Å². The Morgan fingerprint density at radius 1 is 1.12 bits per heavy atom. The average molecular weight is 463 g/mol. The molecule has 2 unspecified atom stereocenters. The number of hydrogen-bond donors (Lipinski definition) is 3. The number of nitrogens with zero attached hydrogens (tertiary/aromatic N) is 1. The molecule has 0 radical (unpaired) electrons. The summed E-state index contributed by atoms with van der Waals surface area (Å²) in [6.45, 7) is 1.97. The number of methoxy groups -OCH3 is 1. The number of benzene rings is 2. The van der Waals surface area contributed by atoms with Gasteiger partial charge in [-0.25, -0.2) is 0 Å². The monoisotopic (exact) mass is 462 g/mol. The van der Waals surface area contributed by atoms with Crippen LogP contribution in [0.3, 0.4) is 0 Å². The second-order valence-electron chi connectivity index (χ2n) is 9.13. The van der Waals surface area contributed by atoms with Gasteiger partial charge in [0, 0.05) is 23.7 Å². The number of fused-ring (bicyclic) bond motifs is 4. The Labute approximate surface area is 196 Å². The number of amides is 4. The van der Waals surface area contributed by atoms with Crippen LogP contribution in [0.4, 0.5) is 5.69 Å². The molecule has 0 aromatic heterocycles. The van der Waals surface area contributed by atoms with Crippen molar-refractivity contribution in [3.8, 4) is 5.75 Å². The number of para-hydroxylation sites is 1. The van der Waals surface area contributed by atoms with Crippen molar-refractivity contribution >= 4 is 29.3 Å². The average Bonchev–Trinajstić information content (AvgIpc) is 3.40. The maximum Gasteiger partial charge on any atom is 0.250 e. The van der Waals surface area contributed by atoms with Crippen molar-refractivity contribution < 1.29 is 23.9 Å². The van der Waals surface area contributed by atoms with Gasteiger partial charge in [-0.3, -0.25) is 29.4 Å². The normalized spacial score (nSPS) is 27.2. The van der Waals surface area contributed by atoms with Crippen molar-refractivity contribution in [2.45, 2.75) is 37.9 Å². The van der Waals surface area contributed by atoms with Crippen LogP contribution in [0.1, 0.15) is 29.5 Å². The lowest BCUT2D eigenvalue weighted by atomic mass is 9.76. The van der Waals surface area contributed by atoms with E-state index >= 15 is 0 Å². The predicted molar refractivity (Wildman–Crippen MR) is 122 cm³/mol. The molecule has 5 rings (SSSR count). The summed E-state index contributed by atoms with van der Waals surface area (Å²) in [6, 6.07) is 12.1. The van der Waals surface area contributed by atoms with Gasteiger partial charge in [0.1, 0.15) is 11.3 Å². The third-order valence-electron chi connectivity index (χ3n) is 7.25. The van der Waals surface area contributed by atoms with Gasteiger partial charge in [-0.15, -0.1) is 0 Å². The molecule has 3 aliphatic rings. The highest BCUT2D eigenvalue weighted by molar-refractivity contribution is 6.15. The van der Waals surface area contributed by atoms with Crippen LogP contribution in [-0.4, -0.2) is 41.7 Å². The highest BCUT2D eigenvalue weighted by Crippen LogP contribution is 2.54. The lowest BCUT2D eigenvalue weighted by Gasteiger charge is -2.29. The molecule has 0 saturated carbocycles. The predicted octanol–water partition coefficient (Wildman–Crippen LogP) is 1.19. The molecule has 2 saturated heterocycles. The standard InChI is InChI=1S/C25H26N4O5/c1-13-4-3-5-16-21(13)27-24(33)25(16)20-19(17(28-25)10-11-18(26)30)22(31)29(23(20)32)12-14-6-8-15(34-2)9-7-14/h3-9,17,19-20,28H,10-12H2,1-2H3,(H2,26,30)(H,27,33)/t17?,19-,20+,25?/m1/s1. The number of likely N-dealkylation sites (tertiary alicyclic amines) is 1. The zero-order valence-corrected chi connectivity index (χ0v) is 19.0. The van der Waals surface area contributed by atoms with Crippen molar-refractivity contribution in [2.75, 3.05) is 12.4 Å². The molecule has 2 aromatic carbocycles.